The Kier molecular flexibility index (Phi) is 8.09. The first kappa shape index (κ1) is 28.5. The van der Waals surface area contributed by atoms with Crippen molar-refractivity contribution in [3.8, 4) is 33.5 Å². The SMILES string of the molecule is CC(C)c1nnc(-c2ccc(Oc3cc(-c4nnc(C5CCCCS(=O)(=O)C5)o4)ccc3CN3CCCC3=O)cc2)s1. The van der Waals surface area contributed by atoms with Gasteiger partial charge < -0.3 is 14.1 Å². The van der Waals surface area contributed by atoms with Crippen molar-refractivity contribution < 1.29 is 22.4 Å². The summed E-state index contributed by atoms with van der Waals surface area (Å²) in [6.07, 6.45) is 3.56. The van der Waals surface area contributed by atoms with Gasteiger partial charge in [-0.25, -0.2) is 8.42 Å². The summed E-state index contributed by atoms with van der Waals surface area (Å²) in [5.41, 5.74) is 2.48. The molecule has 1 unspecified atom stereocenters. The van der Waals surface area contributed by atoms with E-state index in [1.54, 1.807) is 11.3 Å². The zero-order valence-corrected chi connectivity index (χ0v) is 25.3. The van der Waals surface area contributed by atoms with Gasteiger partial charge in [-0.15, -0.1) is 20.4 Å². The lowest BCUT2D eigenvalue weighted by Gasteiger charge is -2.19. The lowest BCUT2D eigenvalue weighted by Crippen LogP contribution is -2.24. The highest BCUT2D eigenvalue weighted by Crippen LogP contribution is 2.35. The van der Waals surface area contributed by atoms with Crippen molar-refractivity contribution in [3.63, 3.8) is 0 Å². The molecule has 2 aromatic heterocycles. The summed E-state index contributed by atoms with van der Waals surface area (Å²) >= 11 is 1.58. The summed E-state index contributed by atoms with van der Waals surface area (Å²) in [7, 11) is -3.15. The predicted molar refractivity (Wildman–Crippen MR) is 159 cm³/mol. The number of hydrogen-bond donors (Lipinski definition) is 0. The molecule has 0 spiro atoms. The first-order valence-corrected chi connectivity index (χ1v) is 16.9. The van der Waals surface area contributed by atoms with Gasteiger partial charge in [0.15, 0.2) is 9.84 Å². The molecule has 10 nitrogen and oxygen atoms in total. The predicted octanol–water partition coefficient (Wildman–Crippen LogP) is 5.98. The van der Waals surface area contributed by atoms with Crippen LogP contribution in [0.2, 0.25) is 0 Å². The number of benzene rings is 2. The fraction of sp³-hybridized carbons (Fsp3) is 0.433. The summed E-state index contributed by atoms with van der Waals surface area (Å²) in [4.78, 5) is 14.2. The van der Waals surface area contributed by atoms with Crippen LogP contribution in [0.1, 0.15) is 74.2 Å². The number of amides is 1. The number of hydrogen-bond acceptors (Lipinski definition) is 10. The Morgan fingerprint density at radius 3 is 2.57 bits per heavy atom. The van der Waals surface area contributed by atoms with Crippen molar-refractivity contribution in [3.05, 3.63) is 58.9 Å². The third-order valence-corrected chi connectivity index (χ3v) is 10.7. The third-order valence-electron chi connectivity index (χ3n) is 7.61. The number of carbonyl (C=O) groups is 1. The molecule has 2 fully saturated rings. The van der Waals surface area contributed by atoms with Gasteiger partial charge in [0.05, 0.1) is 17.4 Å². The Morgan fingerprint density at radius 2 is 1.83 bits per heavy atom. The molecule has 1 amide bonds. The lowest BCUT2D eigenvalue weighted by atomic mass is 10.0. The highest BCUT2D eigenvalue weighted by atomic mass is 32.2. The van der Waals surface area contributed by atoms with Crippen LogP contribution in [0.15, 0.2) is 46.9 Å². The standard InChI is InChI=1S/C30H33N5O5S2/c1-19(2)29-33-34-30(41-29)20-10-12-24(13-11-20)39-25-16-21(8-9-22(25)17-35-14-5-7-26(35)36)27-31-32-28(40-27)23-6-3-4-15-42(37,38)18-23/h8-13,16,19,23H,3-7,14-15,17-18H2,1-2H3. The van der Waals surface area contributed by atoms with Crippen LogP contribution in [0.4, 0.5) is 0 Å². The second kappa shape index (κ2) is 11.9. The van der Waals surface area contributed by atoms with E-state index in [-0.39, 0.29) is 23.3 Å². The van der Waals surface area contributed by atoms with Crippen molar-refractivity contribution in [2.24, 2.45) is 0 Å². The minimum atomic E-state index is -3.15. The minimum absolute atomic E-state index is 0.0254. The van der Waals surface area contributed by atoms with Crippen LogP contribution in [0.25, 0.3) is 22.0 Å². The van der Waals surface area contributed by atoms with E-state index < -0.39 is 9.84 Å². The first-order valence-electron chi connectivity index (χ1n) is 14.3. The van der Waals surface area contributed by atoms with Crippen molar-refractivity contribution in [2.45, 2.75) is 64.3 Å². The third kappa shape index (κ3) is 6.39. The Bertz CT molecular complexity index is 1680. The largest absolute Gasteiger partial charge is 0.457 e. The second-order valence-corrected chi connectivity index (χ2v) is 14.5. The molecule has 2 saturated heterocycles. The second-order valence-electron chi connectivity index (χ2n) is 11.2. The molecule has 0 N–H and O–H groups in total. The van der Waals surface area contributed by atoms with Crippen molar-refractivity contribution in [1.29, 1.82) is 0 Å². The van der Waals surface area contributed by atoms with Crippen LogP contribution in [0, 0.1) is 0 Å². The monoisotopic (exact) mass is 607 g/mol. The quantitative estimate of drug-likeness (QED) is 0.238. The molecule has 2 aliphatic rings. The van der Waals surface area contributed by atoms with Gasteiger partial charge in [-0.1, -0.05) is 37.7 Å². The molecule has 2 aliphatic heterocycles. The molecule has 42 heavy (non-hydrogen) atoms. The Morgan fingerprint density at radius 1 is 1.02 bits per heavy atom. The van der Waals surface area contributed by atoms with E-state index in [4.69, 9.17) is 9.15 Å². The van der Waals surface area contributed by atoms with Gasteiger partial charge in [0.2, 0.25) is 17.7 Å². The van der Waals surface area contributed by atoms with E-state index in [1.165, 1.54) is 0 Å². The van der Waals surface area contributed by atoms with Crippen molar-refractivity contribution in [2.75, 3.05) is 18.1 Å². The van der Waals surface area contributed by atoms with Gasteiger partial charge in [-0.2, -0.15) is 0 Å². The van der Waals surface area contributed by atoms with Gasteiger partial charge in [0, 0.05) is 42.1 Å². The summed E-state index contributed by atoms with van der Waals surface area (Å²) in [6.45, 7) is 5.34. The number of rotatable bonds is 8. The van der Waals surface area contributed by atoms with Crippen molar-refractivity contribution in [1.82, 2.24) is 25.3 Å². The molecule has 1 atom stereocenters. The molecule has 6 rings (SSSR count). The van der Waals surface area contributed by atoms with E-state index in [0.717, 1.165) is 34.0 Å². The molecule has 4 aromatic rings. The van der Waals surface area contributed by atoms with Crippen LogP contribution < -0.4 is 4.74 Å². The van der Waals surface area contributed by atoms with Crippen LogP contribution in [0.5, 0.6) is 11.5 Å². The van der Waals surface area contributed by atoms with E-state index in [2.05, 4.69) is 34.2 Å². The van der Waals surface area contributed by atoms with E-state index in [0.29, 0.717) is 67.1 Å². The van der Waals surface area contributed by atoms with Gasteiger partial charge in [-0.05, 0) is 55.7 Å². The maximum Gasteiger partial charge on any atom is 0.247 e. The van der Waals surface area contributed by atoms with Crippen LogP contribution in [-0.4, -0.2) is 57.7 Å². The number of ether oxygens (including phenoxy) is 1. The number of sulfone groups is 1. The van der Waals surface area contributed by atoms with Gasteiger partial charge in [0.1, 0.15) is 21.5 Å². The topological polar surface area (TPSA) is 128 Å². The molecule has 0 aliphatic carbocycles. The van der Waals surface area contributed by atoms with Crippen LogP contribution >= 0.6 is 11.3 Å². The highest BCUT2D eigenvalue weighted by molar-refractivity contribution is 7.91. The van der Waals surface area contributed by atoms with Crippen molar-refractivity contribution >= 4 is 27.1 Å². The van der Waals surface area contributed by atoms with Gasteiger partial charge >= 0.3 is 0 Å². The maximum absolute atomic E-state index is 12.4. The average Bonchev–Trinajstić information content (AvgIpc) is 3.72. The van der Waals surface area contributed by atoms with Gasteiger partial charge in [0.25, 0.3) is 0 Å². The van der Waals surface area contributed by atoms with Gasteiger partial charge in [-0.3, -0.25) is 4.79 Å². The van der Waals surface area contributed by atoms with E-state index >= 15 is 0 Å². The minimum Gasteiger partial charge on any atom is -0.457 e. The van der Waals surface area contributed by atoms with E-state index in [1.807, 2.05) is 47.4 Å². The molecule has 4 heterocycles. The molecule has 0 saturated carbocycles. The smallest absolute Gasteiger partial charge is 0.247 e. The molecular weight excluding hydrogens is 574 g/mol. The summed E-state index contributed by atoms with van der Waals surface area (Å²) in [5, 5.41) is 18.9. The molecule has 220 valence electrons. The lowest BCUT2D eigenvalue weighted by molar-refractivity contribution is -0.128. The first-order chi connectivity index (χ1) is 20.2. The van der Waals surface area contributed by atoms with Crippen LogP contribution in [-0.2, 0) is 21.2 Å². The summed E-state index contributed by atoms with van der Waals surface area (Å²) in [5.74, 6) is 2.23. The highest BCUT2D eigenvalue weighted by Gasteiger charge is 2.28. The van der Waals surface area contributed by atoms with E-state index in [9.17, 15) is 13.2 Å². The summed E-state index contributed by atoms with van der Waals surface area (Å²) in [6, 6.07) is 13.3. The average molecular weight is 608 g/mol. The Balaban J connectivity index is 1.27. The Hall–Kier alpha value is -3.64. The van der Waals surface area contributed by atoms with Crippen LogP contribution in [0.3, 0.4) is 0 Å². The normalized spacial score (nSPS) is 18.9. The Labute approximate surface area is 249 Å². The number of aromatic nitrogens is 4. The number of nitrogens with zero attached hydrogens (tertiary/aromatic N) is 5. The number of likely N-dealkylation sites (tertiary alicyclic amines) is 1. The molecule has 0 radical (unpaired) electrons. The zero-order chi connectivity index (χ0) is 29.3. The summed E-state index contributed by atoms with van der Waals surface area (Å²) < 4.78 is 37.1. The maximum atomic E-state index is 12.4. The molecular formula is C30H33N5O5S2. The molecule has 2 aromatic carbocycles. The zero-order valence-electron chi connectivity index (χ0n) is 23.7. The molecule has 0 bridgehead atoms. The molecule has 12 heteroatoms. The number of carbonyl (C=O) groups excluding carboxylic acids is 1. The fourth-order valence-electron chi connectivity index (χ4n) is 5.26. The fourth-order valence-corrected chi connectivity index (χ4v) is 7.85.